The van der Waals surface area contributed by atoms with Crippen LogP contribution in [0, 0.1) is 23.4 Å². The van der Waals surface area contributed by atoms with E-state index >= 15 is 0 Å². The lowest BCUT2D eigenvalue weighted by Crippen LogP contribution is -2.34. The Balaban J connectivity index is 1.95. The number of halogens is 3. The van der Waals surface area contributed by atoms with Crippen molar-refractivity contribution in [1.29, 1.82) is 0 Å². The molecule has 0 aliphatic heterocycles. The van der Waals surface area contributed by atoms with Crippen LogP contribution >= 0.6 is 0 Å². The molecule has 0 amide bonds. The molecule has 0 radical (unpaired) electrons. The second-order valence-corrected chi connectivity index (χ2v) is 5.54. The normalized spacial score (nSPS) is 16.5. The number of rotatable bonds is 8. The molecule has 0 saturated heterocycles. The SMILES string of the molecule is CN(CCOCC1CC1)C(CN)c1cc(F)c(F)cc1F. The standard InChI is InChI=1S/C15H21F3N2O/c1-20(4-5-21-9-10-2-3-10)15(8-19)11-6-13(17)14(18)7-12(11)16/h6-7,10,15H,2-5,8-9,19H2,1H3. The Labute approximate surface area is 122 Å². The van der Waals surface area contributed by atoms with Crippen LogP contribution < -0.4 is 5.73 Å². The third-order valence-electron chi connectivity index (χ3n) is 3.79. The highest BCUT2D eigenvalue weighted by Gasteiger charge is 2.23. The Morgan fingerprint density at radius 2 is 1.90 bits per heavy atom. The van der Waals surface area contributed by atoms with Gasteiger partial charge >= 0.3 is 0 Å². The molecule has 2 rings (SSSR count). The molecule has 1 aliphatic rings. The number of benzene rings is 1. The average molecular weight is 302 g/mol. The van der Waals surface area contributed by atoms with Crippen LogP contribution in [0.4, 0.5) is 13.2 Å². The molecule has 1 saturated carbocycles. The fraction of sp³-hybridized carbons (Fsp3) is 0.600. The molecule has 21 heavy (non-hydrogen) atoms. The molecule has 6 heteroatoms. The Kier molecular flexibility index (Phi) is 5.61. The zero-order valence-corrected chi connectivity index (χ0v) is 12.1. The van der Waals surface area contributed by atoms with Crippen molar-refractivity contribution in [3.8, 4) is 0 Å². The molecule has 2 N–H and O–H groups in total. The molecule has 1 fully saturated rings. The van der Waals surface area contributed by atoms with E-state index in [2.05, 4.69) is 0 Å². The predicted octanol–water partition coefficient (Wildman–Crippen LogP) is 2.46. The topological polar surface area (TPSA) is 38.5 Å². The smallest absolute Gasteiger partial charge is 0.161 e. The fourth-order valence-corrected chi connectivity index (χ4v) is 2.24. The van der Waals surface area contributed by atoms with E-state index in [-0.39, 0.29) is 12.1 Å². The highest BCUT2D eigenvalue weighted by atomic mass is 19.2. The zero-order valence-electron chi connectivity index (χ0n) is 12.1. The molecule has 118 valence electrons. The van der Waals surface area contributed by atoms with Crippen LogP contribution in [0.1, 0.15) is 24.4 Å². The van der Waals surface area contributed by atoms with Gasteiger partial charge in [0.05, 0.1) is 6.61 Å². The summed E-state index contributed by atoms with van der Waals surface area (Å²) in [4.78, 5) is 1.79. The Bertz CT molecular complexity index is 480. The number of hydrogen-bond acceptors (Lipinski definition) is 3. The van der Waals surface area contributed by atoms with Crippen LogP contribution in [0.3, 0.4) is 0 Å². The Hall–Kier alpha value is -1.11. The third kappa shape index (κ3) is 4.43. The first-order chi connectivity index (χ1) is 10.0. The van der Waals surface area contributed by atoms with Gasteiger partial charge < -0.3 is 10.5 Å². The fourth-order valence-electron chi connectivity index (χ4n) is 2.24. The highest BCUT2D eigenvalue weighted by Crippen LogP contribution is 2.29. The molecule has 1 aromatic carbocycles. The van der Waals surface area contributed by atoms with Gasteiger partial charge in [0, 0.05) is 37.4 Å². The summed E-state index contributed by atoms with van der Waals surface area (Å²) in [5.74, 6) is -2.36. The number of nitrogens with zero attached hydrogens (tertiary/aromatic N) is 1. The van der Waals surface area contributed by atoms with Crippen molar-refractivity contribution in [2.24, 2.45) is 11.7 Å². The molecule has 0 aromatic heterocycles. The van der Waals surface area contributed by atoms with E-state index in [1.807, 2.05) is 0 Å². The van der Waals surface area contributed by atoms with Gasteiger partial charge in [-0.2, -0.15) is 0 Å². The average Bonchev–Trinajstić information content (AvgIpc) is 3.25. The van der Waals surface area contributed by atoms with Gasteiger partial charge in [-0.15, -0.1) is 0 Å². The molecule has 1 unspecified atom stereocenters. The van der Waals surface area contributed by atoms with E-state index < -0.39 is 23.5 Å². The summed E-state index contributed by atoms with van der Waals surface area (Å²) in [7, 11) is 1.76. The number of hydrogen-bond donors (Lipinski definition) is 1. The largest absolute Gasteiger partial charge is 0.380 e. The minimum atomic E-state index is -1.19. The van der Waals surface area contributed by atoms with E-state index in [1.165, 1.54) is 12.8 Å². The quantitative estimate of drug-likeness (QED) is 0.592. The van der Waals surface area contributed by atoms with Crippen LogP contribution in [0.15, 0.2) is 12.1 Å². The molecule has 1 aromatic rings. The summed E-state index contributed by atoms with van der Waals surface area (Å²) in [6.07, 6.45) is 2.45. The van der Waals surface area contributed by atoms with Crippen LogP contribution in [0.5, 0.6) is 0 Å². The van der Waals surface area contributed by atoms with Crippen molar-refractivity contribution in [2.45, 2.75) is 18.9 Å². The molecule has 1 aliphatic carbocycles. The first-order valence-electron chi connectivity index (χ1n) is 7.15. The van der Waals surface area contributed by atoms with Crippen LogP contribution in [-0.4, -0.2) is 38.3 Å². The zero-order chi connectivity index (χ0) is 15.4. The maximum absolute atomic E-state index is 13.8. The molecule has 0 bridgehead atoms. The van der Waals surface area contributed by atoms with Crippen molar-refractivity contribution >= 4 is 0 Å². The van der Waals surface area contributed by atoms with Crippen molar-refractivity contribution in [3.05, 3.63) is 35.1 Å². The first kappa shape index (κ1) is 16.3. The summed E-state index contributed by atoms with van der Waals surface area (Å²) in [5.41, 5.74) is 5.73. The Morgan fingerprint density at radius 1 is 1.24 bits per heavy atom. The minimum absolute atomic E-state index is 0.0705. The lowest BCUT2D eigenvalue weighted by atomic mass is 10.0. The lowest BCUT2D eigenvalue weighted by Gasteiger charge is -2.27. The van der Waals surface area contributed by atoms with E-state index in [4.69, 9.17) is 10.5 Å². The van der Waals surface area contributed by atoms with E-state index in [1.54, 1.807) is 11.9 Å². The van der Waals surface area contributed by atoms with Gasteiger partial charge in [0.1, 0.15) is 5.82 Å². The number of ether oxygens (including phenoxy) is 1. The van der Waals surface area contributed by atoms with Gasteiger partial charge in [-0.3, -0.25) is 4.90 Å². The van der Waals surface area contributed by atoms with Crippen molar-refractivity contribution < 1.29 is 17.9 Å². The lowest BCUT2D eigenvalue weighted by molar-refractivity contribution is 0.0916. The maximum Gasteiger partial charge on any atom is 0.161 e. The molecule has 0 spiro atoms. The van der Waals surface area contributed by atoms with Crippen LogP contribution in [-0.2, 0) is 4.74 Å². The summed E-state index contributed by atoms with van der Waals surface area (Å²) < 4.78 is 45.6. The van der Waals surface area contributed by atoms with Crippen molar-refractivity contribution in [3.63, 3.8) is 0 Å². The molecule has 1 atom stereocenters. The third-order valence-corrected chi connectivity index (χ3v) is 3.79. The van der Waals surface area contributed by atoms with Gasteiger partial charge in [0.2, 0.25) is 0 Å². The molecule has 0 heterocycles. The van der Waals surface area contributed by atoms with Gasteiger partial charge in [-0.25, -0.2) is 13.2 Å². The van der Waals surface area contributed by atoms with Gasteiger partial charge in [0.15, 0.2) is 11.6 Å². The minimum Gasteiger partial charge on any atom is -0.380 e. The highest BCUT2D eigenvalue weighted by molar-refractivity contribution is 5.24. The second kappa shape index (κ2) is 7.24. The van der Waals surface area contributed by atoms with E-state index in [9.17, 15) is 13.2 Å². The summed E-state index contributed by atoms with van der Waals surface area (Å²) in [6.45, 7) is 1.92. The Morgan fingerprint density at radius 3 is 2.52 bits per heavy atom. The summed E-state index contributed by atoms with van der Waals surface area (Å²) >= 11 is 0. The van der Waals surface area contributed by atoms with Crippen LogP contribution in [0.25, 0.3) is 0 Å². The second-order valence-electron chi connectivity index (χ2n) is 5.54. The summed E-state index contributed by atoms with van der Waals surface area (Å²) in [6, 6.07) is 0.929. The summed E-state index contributed by atoms with van der Waals surface area (Å²) in [5, 5.41) is 0. The van der Waals surface area contributed by atoms with Gasteiger partial charge in [-0.1, -0.05) is 0 Å². The van der Waals surface area contributed by atoms with Crippen LogP contribution in [0.2, 0.25) is 0 Å². The van der Waals surface area contributed by atoms with Gasteiger partial charge in [0.25, 0.3) is 0 Å². The first-order valence-corrected chi connectivity index (χ1v) is 7.15. The molecular weight excluding hydrogens is 281 g/mol. The number of likely N-dealkylation sites (N-methyl/N-ethyl adjacent to an activating group) is 1. The molecule has 3 nitrogen and oxygen atoms in total. The molecular formula is C15H21F3N2O. The van der Waals surface area contributed by atoms with Gasteiger partial charge in [-0.05, 0) is 31.9 Å². The van der Waals surface area contributed by atoms with E-state index in [0.717, 1.165) is 12.7 Å². The van der Waals surface area contributed by atoms with Crippen molar-refractivity contribution in [1.82, 2.24) is 4.90 Å². The van der Waals surface area contributed by atoms with E-state index in [0.29, 0.717) is 25.1 Å². The number of nitrogens with two attached hydrogens (primary N) is 1. The monoisotopic (exact) mass is 302 g/mol. The predicted molar refractivity (Wildman–Crippen MR) is 74.3 cm³/mol. The van der Waals surface area contributed by atoms with Crippen molar-refractivity contribution in [2.75, 3.05) is 33.4 Å². The maximum atomic E-state index is 13.8.